The van der Waals surface area contributed by atoms with E-state index in [-0.39, 0.29) is 18.8 Å². The molecule has 0 saturated carbocycles. The quantitative estimate of drug-likeness (QED) is 0.643. The molecule has 0 aliphatic carbocycles. The summed E-state index contributed by atoms with van der Waals surface area (Å²) < 4.78 is 16.2. The van der Waals surface area contributed by atoms with Gasteiger partial charge < -0.3 is 24.6 Å². The monoisotopic (exact) mass is 324 g/mol. The van der Waals surface area contributed by atoms with Crippen LogP contribution in [0.3, 0.4) is 0 Å². The Morgan fingerprint density at radius 2 is 2.04 bits per heavy atom. The lowest BCUT2D eigenvalue weighted by Gasteiger charge is -2.29. The van der Waals surface area contributed by atoms with Crippen molar-refractivity contribution in [3.05, 3.63) is 35.9 Å². The minimum Gasteiger partial charge on any atom is -0.445 e. The number of carbonyl (C=O) groups excluding carboxylic acids is 1. The molecule has 1 amide bonds. The third-order valence-corrected chi connectivity index (χ3v) is 3.59. The molecule has 1 saturated heterocycles. The van der Waals surface area contributed by atoms with E-state index in [1.807, 2.05) is 18.2 Å². The predicted molar refractivity (Wildman–Crippen MR) is 83.9 cm³/mol. The number of benzene rings is 1. The number of hydrogen-bond acceptors (Lipinski definition) is 6. The van der Waals surface area contributed by atoms with E-state index in [0.29, 0.717) is 26.2 Å². The van der Waals surface area contributed by atoms with Crippen LogP contribution in [0.4, 0.5) is 4.79 Å². The van der Waals surface area contributed by atoms with Gasteiger partial charge in [-0.3, -0.25) is 5.32 Å². The van der Waals surface area contributed by atoms with E-state index in [0.717, 1.165) is 0 Å². The number of aliphatic hydroxyl groups excluding tert-OH is 1. The second-order valence-corrected chi connectivity index (χ2v) is 5.32. The summed E-state index contributed by atoms with van der Waals surface area (Å²) in [6.45, 7) is 1.49. The van der Waals surface area contributed by atoms with Gasteiger partial charge in [0.05, 0.1) is 13.2 Å². The second-order valence-electron chi connectivity index (χ2n) is 5.32. The SMILES string of the molecule is CNC(O)COC(=O)NCCC1OCC(c2ccccc2)CO1. The van der Waals surface area contributed by atoms with Crippen molar-refractivity contribution in [3.8, 4) is 0 Å². The van der Waals surface area contributed by atoms with E-state index in [9.17, 15) is 9.90 Å². The fraction of sp³-hybridized carbons (Fsp3) is 0.562. The molecule has 1 aromatic carbocycles. The molecular weight excluding hydrogens is 300 g/mol. The van der Waals surface area contributed by atoms with Crippen molar-refractivity contribution in [1.82, 2.24) is 10.6 Å². The maximum Gasteiger partial charge on any atom is 0.407 e. The van der Waals surface area contributed by atoms with Gasteiger partial charge in [0.1, 0.15) is 12.8 Å². The summed E-state index contributed by atoms with van der Waals surface area (Å²) in [7, 11) is 1.58. The van der Waals surface area contributed by atoms with Gasteiger partial charge in [-0.25, -0.2) is 4.79 Å². The summed E-state index contributed by atoms with van der Waals surface area (Å²) in [4.78, 5) is 11.4. The fourth-order valence-electron chi connectivity index (χ4n) is 2.21. The number of alkyl carbamates (subject to hydrolysis) is 1. The number of carbonyl (C=O) groups is 1. The minimum absolute atomic E-state index is 0.0997. The summed E-state index contributed by atoms with van der Waals surface area (Å²) in [5.74, 6) is 0.244. The number of amides is 1. The predicted octanol–water partition coefficient (Wildman–Crippen LogP) is 0.797. The molecule has 1 unspecified atom stereocenters. The number of ether oxygens (including phenoxy) is 3. The maximum atomic E-state index is 11.4. The van der Waals surface area contributed by atoms with Gasteiger partial charge in [-0.15, -0.1) is 0 Å². The Morgan fingerprint density at radius 3 is 2.70 bits per heavy atom. The van der Waals surface area contributed by atoms with E-state index in [1.54, 1.807) is 7.05 Å². The summed E-state index contributed by atoms with van der Waals surface area (Å²) >= 11 is 0. The van der Waals surface area contributed by atoms with Crippen molar-refractivity contribution in [2.24, 2.45) is 0 Å². The lowest BCUT2D eigenvalue weighted by Crippen LogP contribution is -2.36. The first-order chi connectivity index (χ1) is 11.2. The van der Waals surface area contributed by atoms with Crippen LogP contribution in [0.25, 0.3) is 0 Å². The molecule has 1 aliphatic rings. The van der Waals surface area contributed by atoms with Gasteiger partial charge in [0.25, 0.3) is 0 Å². The molecule has 7 heteroatoms. The van der Waals surface area contributed by atoms with Crippen molar-refractivity contribution in [1.29, 1.82) is 0 Å². The van der Waals surface area contributed by atoms with Gasteiger partial charge >= 0.3 is 6.09 Å². The average Bonchev–Trinajstić information content (AvgIpc) is 2.61. The Labute approximate surface area is 135 Å². The lowest BCUT2D eigenvalue weighted by molar-refractivity contribution is -0.188. The van der Waals surface area contributed by atoms with E-state index in [1.165, 1.54) is 5.56 Å². The third kappa shape index (κ3) is 6.15. The van der Waals surface area contributed by atoms with Crippen LogP contribution < -0.4 is 10.6 Å². The van der Waals surface area contributed by atoms with Crippen molar-refractivity contribution < 1.29 is 24.1 Å². The van der Waals surface area contributed by atoms with Gasteiger partial charge in [0, 0.05) is 18.9 Å². The van der Waals surface area contributed by atoms with Crippen molar-refractivity contribution in [2.45, 2.75) is 24.9 Å². The molecule has 3 N–H and O–H groups in total. The molecule has 128 valence electrons. The van der Waals surface area contributed by atoms with E-state index in [4.69, 9.17) is 14.2 Å². The summed E-state index contributed by atoms with van der Waals surface area (Å²) in [5.41, 5.74) is 1.20. The Morgan fingerprint density at radius 1 is 1.35 bits per heavy atom. The van der Waals surface area contributed by atoms with Crippen LogP contribution in [0.5, 0.6) is 0 Å². The zero-order valence-corrected chi connectivity index (χ0v) is 13.2. The van der Waals surface area contributed by atoms with Crippen molar-refractivity contribution in [3.63, 3.8) is 0 Å². The zero-order valence-electron chi connectivity index (χ0n) is 13.2. The zero-order chi connectivity index (χ0) is 16.5. The number of nitrogens with one attached hydrogen (secondary N) is 2. The van der Waals surface area contributed by atoms with Crippen LogP contribution in [-0.4, -0.2) is 57.1 Å². The highest BCUT2D eigenvalue weighted by Gasteiger charge is 2.23. The van der Waals surface area contributed by atoms with Gasteiger partial charge in [0.15, 0.2) is 6.29 Å². The summed E-state index contributed by atoms with van der Waals surface area (Å²) in [6.07, 6.45) is -1.21. The Hall–Kier alpha value is -1.67. The van der Waals surface area contributed by atoms with Gasteiger partial charge in [-0.1, -0.05) is 30.3 Å². The highest BCUT2D eigenvalue weighted by molar-refractivity contribution is 5.67. The fourth-order valence-corrected chi connectivity index (χ4v) is 2.21. The van der Waals surface area contributed by atoms with Crippen LogP contribution in [0.2, 0.25) is 0 Å². The smallest absolute Gasteiger partial charge is 0.407 e. The lowest BCUT2D eigenvalue weighted by atomic mass is 10.0. The molecule has 1 heterocycles. The molecule has 1 fully saturated rings. The number of aliphatic hydroxyl groups is 1. The third-order valence-electron chi connectivity index (χ3n) is 3.59. The first kappa shape index (κ1) is 17.7. The molecular formula is C16H24N2O5. The number of rotatable bonds is 7. The Kier molecular flexibility index (Phi) is 7.28. The van der Waals surface area contributed by atoms with E-state index in [2.05, 4.69) is 22.8 Å². The highest BCUT2D eigenvalue weighted by Crippen LogP contribution is 2.22. The molecule has 7 nitrogen and oxygen atoms in total. The molecule has 0 bridgehead atoms. The first-order valence-electron chi connectivity index (χ1n) is 7.73. The standard InChI is InChI=1S/C16H24N2O5/c1-17-14(19)11-23-16(20)18-8-7-15-21-9-13(10-22-15)12-5-3-2-4-6-12/h2-6,13-15,17,19H,7-11H2,1H3,(H,18,20). The average molecular weight is 324 g/mol. The Bertz CT molecular complexity index is 463. The van der Waals surface area contributed by atoms with Crippen molar-refractivity contribution in [2.75, 3.05) is 33.4 Å². The molecule has 1 aromatic rings. The Balaban J connectivity index is 1.59. The molecule has 0 spiro atoms. The van der Waals surface area contributed by atoms with Gasteiger partial charge in [-0.2, -0.15) is 0 Å². The van der Waals surface area contributed by atoms with E-state index < -0.39 is 12.3 Å². The van der Waals surface area contributed by atoms with Crippen LogP contribution in [0.15, 0.2) is 30.3 Å². The van der Waals surface area contributed by atoms with Gasteiger partial charge in [-0.05, 0) is 12.6 Å². The van der Waals surface area contributed by atoms with Gasteiger partial charge in [0.2, 0.25) is 0 Å². The topological polar surface area (TPSA) is 89.0 Å². The second kappa shape index (κ2) is 9.46. The van der Waals surface area contributed by atoms with Crippen LogP contribution in [-0.2, 0) is 14.2 Å². The highest BCUT2D eigenvalue weighted by atomic mass is 16.7. The number of hydrogen-bond donors (Lipinski definition) is 3. The molecule has 1 aliphatic heterocycles. The van der Waals surface area contributed by atoms with Crippen LogP contribution >= 0.6 is 0 Å². The van der Waals surface area contributed by atoms with Crippen LogP contribution in [0, 0.1) is 0 Å². The van der Waals surface area contributed by atoms with Crippen molar-refractivity contribution >= 4 is 6.09 Å². The summed E-state index contributed by atoms with van der Waals surface area (Å²) in [6, 6.07) is 10.1. The molecule has 23 heavy (non-hydrogen) atoms. The molecule has 0 radical (unpaired) electrons. The largest absolute Gasteiger partial charge is 0.445 e. The normalized spacial score (nSPS) is 22.3. The maximum absolute atomic E-state index is 11.4. The minimum atomic E-state index is -0.860. The van der Waals surface area contributed by atoms with E-state index >= 15 is 0 Å². The van der Waals surface area contributed by atoms with Crippen LogP contribution in [0.1, 0.15) is 17.9 Å². The molecule has 1 atom stereocenters. The summed E-state index contributed by atoms with van der Waals surface area (Å²) in [5, 5.41) is 14.3. The molecule has 0 aromatic heterocycles. The molecule has 2 rings (SSSR count). The first-order valence-corrected chi connectivity index (χ1v) is 7.73. The number of likely N-dealkylation sites (N-methyl/N-ethyl adjacent to an activating group) is 1.